The van der Waals surface area contributed by atoms with Crippen LogP contribution in [0.2, 0.25) is 0 Å². The van der Waals surface area contributed by atoms with Crippen molar-refractivity contribution in [2.45, 2.75) is 6.92 Å². The maximum absolute atomic E-state index is 13.1. The first-order chi connectivity index (χ1) is 8.32. The van der Waals surface area contributed by atoms with Gasteiger partial charge < -0.3 is 16.6 Å². The number of halogens is 2. The first-order valence-corrected chi connectivity index (χ1v) is 5.38. The smallest absolute Gasteiger partial charge is 0.300 e. The van der Waals surface area contributed by atoms with Gasteiger partial charge in [0.1, 0.15) is 5.82 Å². The van der Waals surface area contributed by atoms with Gasteiger partial charge in [-0.05, 0) is 18.2 Å². The molecule has 98 valence electrons. The predicted molar refractivity (Wildman–Crippen MR) is 70.8 cm³/mol. The maximum Gasteiger partial charge on any atom is 0.300 e. The van der Waals surface area contributed by atoms with Crippen LogP contribution in [-0.4, -0.2) is 23.2 Å². The minimum Gasteiger partial charge on any atom is -0.481 e. The van der Waals surface area contributed by atoms with Crippen molar-refractivity contribution < 1.29 is 14.3 Å². The Hall–Kier alpha value is -1.96. The van der Waals surface area contributed by atoms with Crippen LogP contribution >= 0.6 is 15.9 Å². The van der Waals surface area contributed by atoms with Crippen molar-refractivity contribution in [2.24, 2.45) is 21.7 Å². The molecule has 0 heterocycles. The van der Waals surface area contributed by atoms with Crippen molar-refractivity contribution in [1.82, 2.24) is 0 Å². The third-order valence-electron chi connectivity index (χ3n) is 1.33. The highest BCUT2D eigenvalue weighted by molar-refractivity contribution is 9.10. The quantitative estimate of drug-likeness (QED) is 0.433. The van der Waals surface area contributed by atoms with Gasteiger partial charge in [-0.1, -0.05) is 15.9 Å². The number of guanidine groups is 1. The van der Waals surface area contributed by atoms with E-state index in [9.17, 15) is 4.39 Å². The number of nitrogens with two attached hydrogens (primary N) is 2. The molecule has 0 unspecified atom stereocenters. The molecule has 0 aromatic heterocycles. The van der Waals surface area contributed by atoms with E-state index >= 15 is 0 Å². The van der Waals surface area contributed by atoms with Gasteiger partial charge in [-0.15, -0.1) is 5.10 Å². The SMILES string of the molecule is CC(=O)O.NC(N)=NN=Cc1ccc(Br)cc1F. The van der Waals surface area contributed by atoms with E-state index in [1.165, 1.54) is 12.3 Å². The number of carboxylic acid groups (broad SMARTS) is 1. The summed E-state index contributed by atoms with van der Waals surface area (Å²) in [5, 5.41) is 14.3. The summed E-state index contributed by atoms with van der Waals surface area (Å²) in [6.07, 6.45) is 1.24. The Morgan fingerprint density at radius 2 is 2.06 bits per heavy atom. The van der Waals surface area contributed by atoms with Crippen molar-refractivity contribution >= 4 is 34.1 Å². The summed E-state index contributed by atoms with van der Waals surface area (Å²) in [4.78, 5) is 9.00. The molecular weight excluding hydrogens is 307 g/mol. The fourth-order valence-corrected chi connectivity index (χ4v) is 1.10. The van der Waals surface area contributed by atoms with Gasteiger partial charge in [-0.25, -0.2) is 4.39 Å². The highest BCUT2D eigenvalue weighted by atomic mass is 79.9. The lowest BCUT2D eigenvalue weighted by molar-refractivity contribution is -0.134. The van der Waals surface area contributed by atoms with Crippen LogP contribution < -0.4 is 11.5 Å². The molecule has 18 heavy (non-hydrogen) atoms. The summed E-state index contributed by atoms with van der Waals surface area (Å²) in [6.45, 7) is 1.08. The lowest BCUT2D eigenvalue weighted by atomic mass is 10.2. The average molecular weight is 319 g/mol. The molecule has 5 N–H and O–H groups in total. The first kappa shape index (κ1) is 16.0. The zero-order chi connectivity index (χ0) is 14.1. The van der Waals surface area contributed by atoms with Crippen LogP contribution in [0.4, 0.5) is 4.39 Å². The molecule has 1 aromatic carbocycles. The number of hydrogen-bond acceptors (Lipinski definition) is 3. The van der Waals surface area contributed by atoms with E-state index in [1.54, 1.807) is 12.1 Å². The molecule has 6 nitrogen and oxygen atoms in total. The topological polar surface area (TPSA) is 114 Å². The van der Waals surface area contributed by atoms with Crippen LogP contribution in [0.3, 0.4) is 0 Å². The Morgan fingerprint density at radius 3 is 2.50 bits per heavy atom. The largest absolute Gasteiger partial charge is 0.481 e. The number of carbonyl (C=O) groups is 1. The highest BCUT2D eigenvalue weighted by Gasteiger charge is 1.98. The van der Waals surface area contributed by atoms with E-state index in [2.05, 4.69) is 26.1 Å². The number of hydrogen-bond donors (Lipinski definition) is 3. The van der Waals surface area contributed by atoms with Gasteiger partial charge >= 0.3 is 0 Å². The van der Waals surface area contributed by atoms with E-state index in [-0.39, 0.29) is 5.96 Å². The van der Waals surface area contributed by atoms with Crippen molar-refractivity contribution in [3.63, 3.8) is 0 Å². The van der Waals surface area contributed by atoms with Crippen molar-refractivity contribution in [2.75, 3.05) is 0 Å². The number of aliphatic carboxylic acids is 1. The molecule has 8 heteroatoms. The molecule has 1 rings (SSSR count). The van der Waals surface area contributed by atoms with Gasteiger partial charge in [-0.3, -0.25) is 4.79 Å². The van der Waals surface area contributed by atoms with Crippen LogP contribution in [0.5, 0.6) is 0 Å². The Labute approximate surface area is 111 Å². The van der Waals surface area contributed by atoms with E-state index < -0.39 is 11.8 Å². The van der Waals surface area contributed by atoms with Crippen LogP contribution in [0.15, 0.2) is 32.9 Å². The van der Waals surface area contributed by atoms with Gasteiger partial charge in [0.15, 0.2) is 0 Å². The van der Waals surface area contributed by atoms with Crippen molar-refractivity contribution in [1.29, 1.82) is 0 Å². The summed E-state index contributed by atoms with van der Waals surface area (Å²) in [5.41, 5.74) is 10.4. The van der Waals surface area contributed by atoms with Crippen LogP contribution in [0, 0.1) is 5.82 Å². The summed E-state index contributed by atoms with van der Waals surface area (Å²) >= 11 is 3.14. The first-order valence-electron chi connectivity index (χ1n) is 4.59. The van der Waals surface area contributed by atoms with Gasteiger partial charge in [0, 0.05) is 17.0 Å². The highest BCUT2D eigenvalue weighted by Crippen LogP contribution is 2.13. The minimum absolute atomic E-state index is 0.168. The van der Waals surface area contributed by atoms with Crippen LogP contribution in [0.25, 0.3) is 0 Å². The average Bonchev–Trinajstić information content (AvgIpc) is 2.20. The molecule has 0 spiro atoms. The van der Waals surface area contributed by atoms with Crippen LogP contribution in [-0.2, 0) is 4.79 Å². The molecule has 1 aromatic rings. The van der Waals surface area contributed by atoms with E-state index in [0.717, 1.165) is 6.92 Å². The zero-order valence-corrected chi connectivity index (χ0v) is 11.1. The lowest BCUT2D eigenvalue weighted by Crippen LogP contribution is -2.21. The fraction of sp³-hybridized carbons (Fsp3) is 0.100. The monoisotopic (exact) mass is 318 g/mol. The third-order valence-corrected chi connectivity index (χ3v) is 1.83. The molecular formula is C10H12BrFN4O2. The molecule has 0 radical (unpaired) electrons. The van der Waals surface area contributed by atoms with Crippen LogP contribution in [0.1, 0.15) is 12.5 Å². The van der Waals surface area contributed by atoms with Gasteiger partial charge in [-0.2, -0.15) is 5.10 Å². The predicted octanol–water partition coefficient (Wildman–Crippen LogP) is 1.29. The second-order valence-corrected chi connectivity index (χ2v) is 3.87. The summed E-state index contributed by atoms with van der Waals surface area (Å²) in [6, 6.07) is 4.59. The van der Waals surface area contributed by atoms with Gasteiger partial charge in [0.2, 0.25) is 5.96 Å². The minimum atomic E-state index is -0.833. The lowest BCUT2D eigenvalue weighted by Gasteiger charge is -1.95. The number of benzene rings is 1. The second kappa shape index (κ2) is 8.18. The summed E-state index contributed by atoms with van der Waals surface area (Å²) < 4.78 is 13.8. The second-order valence-electron chi connectivity index (χ2n) is 2.95. The molecule has 0 saturated heterocycles. The van der Waals surface area contributed by atoms with Crippen molar-refractivity contribution in [3.05, 3.63) is 34.1 Å². The molecule has 0 saturated carbocycles. The Balaban J connectivity index is 0.000000631. The van der Waals surface area contributed by atoms with Gasteiger partial charge in [0.25, 0.3) is 5.97 Å². The number of rotatable bonds is 2. The third kappa shape index (κ3) is 8.22. The molecule has 0 aliphatic rings. The zero-order valence-electron chi connectivity index (χ0n) is 9.47. The molecule has 0 bridgehead atoms. The molecule has 0 amide bonds. The number of carboxylic acids is 1. The number of nitrogens with zero attached hydrogens (tertiary/aromatic N) is 2. The maximum atomic E-state index is 13.1. The molecule has 0 atom stereocenters. The fourth-order valence-electron chi connectivity index (χ4n) is 0.764. The standard InChI is InChI=1S/C8H8BrFN4.C2H4O2/c9-6-2-1-5(7(10)3-6)4-13-14-8(11)12;1-2(3)4/h1-4H,(H4,11,12,14);1H3,(H,3,4). The summed E-state index contributed by atoms with van der Waals surface area (Å²) in [5.74, 6) is -1.40. The molecule has 0 fully saturated rings. The molecule has 0 aliphatic carbocycles. The summed E-state index contributed by atoms with van der Waals surface area (Å²) in [7, 11) is 0. The van der Waals surface area contributed by atoms with E-state index in [1.807, 2.05) is 0 Å². The van der Waals surface area contributed by atoms with E-state index in [0.29, 0.717) is 10.0 Å². The Morgan fingerprint density at radius 1 is 1.50 bits per heavy atom. The normalized spacial score (nSPS) is 9.50. The van der Waals surface area contributed by atoms with Crippen molar-refractivity contribution in [3.8, 4) is 0 Å². The Kier molecular flexibility index (Phi) is 7.29. The van der Waals surface area contributed by atoms with E-state index in [4.69, 9.17) is 21.4 Å². The molecule has 0 aliphatic heterocycles. The Bertz CT molecular complexity index is 469. The van der Waals surface area contributed by atoms with Gasteiger partial charge in [0.05, 0.1) is 6.21 Å².